The molecule has 0 saturated carbocycles. The predicted molar refractivity (Wildman–Crippen MR) is 67.6 cm³/mol. The lowest BCUT2D eigenvalue weighted by molar-refractivity contribution is 0.0984. The van der Waals surface area contributed by atoms with Crippen molar-refractivity contribution in [2.45, 2.75) is 0 Å². The number of thiol groups is 2. The van der Waals surface area contributed by atoms with E-state index in [1.165, 1.54) is 24.3 Å². The molecule has 0 spiro atoms. The molecule has 82 valence electrons. The van der Waals surface area contributed by atoms with Crippen LogP contribution < -0.4 is 10.2 Å². The van der Waals surface area contributed by atoms with Gasteiger partial charge in [-0.05, 0) is 23.9 Å². The summed E-state index contributed by atoms with van der Waals surface area (Å²) in [6, 6.07) is 6.07. The molecule has 1 aromatic carbocycles. The molecular weight excluding hydrogens is 233 g/mol. The fraction of sp³-hybridized carbons (Fsp3) is 0.125. The number of rotatable bonds is 3. The number of carbonyl (C=O) groups excluding carboxylic acids is 1. The molecule has 0 aliphatic rings. The van der Waals surface area contributed by atoms with Crippen LogP contribution in [-0.4, -0.2) is 29.3 Å². The molecule has 4 nitrogen and oxygen atoms in total. The highest BCUT2D eigenvalue weighted by Gasteiger charge is 2.11. The van der Waals surface area contributed by atoms with E-state index in [2.05, 4.69) is 16.4 Å². The van der Waals surface area contributed by atoms with E-state index in [0.717, 1.165) is 0 Å². The van der Waals surface area contributed by atoms with Crippen molar-refractivity contribution in [2.24, 2.45) is 0 Å². The molecule has 1 aromatic rings. The first kappa shape index (κ1) is 12.4. The Morgan fingerprint density at radius 3 is 2.33 bits per heavy atom. The summed E-state index contributed by atoms with van der Waals surface area (Å²) in [6.45, 7) is 0. The maximum Gasteiger partial charge on any atom is 0.488 e. The SMILES string of the molecule is C[SH](S)NC(=O)c1ccc(B(O)O)cc1. The van der Waals surface area contributed by atoms with Gasteiger partial charge in [-0.3, -0.25) is 4.79 Å². The molecule has 3 N–H and O–H groups in total. The van der Waals surface area contributed by atoms with E-state index < -0.39 is 17.2 Å². The first-order valence-electron chi connectivity index (χ1n) is 4.20. The third kappa shape index (κ3) is 3.79. The Kier molecular flexibility index (Phi) is 4.53. The lowest BCUT2D eigenvalue weighted by Crippen LogP contribution is -2.30. The van der Waals surface area contributed by atoms with Gasteiger partial charge in [0.1, 0.15) is 0 Å². The molecule has 0 saturated heterocycles. The first-order valence-corrected chi connectivity index (χ1v) is 7.14. The molecule has 0 radical (unpaired) electrons. The molecule has 0 bridgehead atoms. The Morgan fingerprint density at radius 1 is 1.40 bits per heavy atom. The predicted octanol–water partition coefficient (Wildman–Crippen LogP) is -0.513. The van der Waals surface area contributed by atoms with E-state index in [9.17, 15) is 4.79 Å². The normalized spacial score (nSPS) is 13.2. The zero-order valence-electron chi connectivity index (χ0n) is 8.08. The summed E-state index contributed by atoms with van der Waals surface area (Å²) >= 11 is 4.09. The van der Waals surface area contributed by atoms with E-state index in [4.69, 9.17) is 10.0 Å². The summed E-state index contributed by atoms with van der Waals surface area (Å²) in [6.07, 6.45) is 1.81. The van der Waals surface area contributed by atoms with Gasteiger partial charge in [-0.25, -0.2) is 0 Å². The molecule has 1 atom stereocenters. The second-order valence-corrected chi connectivity index (χ2v) is 6.03. The minimum atomic E-state index is -1.50. The summed E-state index contributed by atoms with van der Waals surface area (Å²) in [4.78, 5) is 11.5. The van der Waals surface area contributed by atoms with E-state index in [1.807, 2.05) is 6.26 Å². The quantitative estimate of drug-likeness (QED) is 0.283. The highest BCUT2D eigenvalue weighted by molar-refractivity contribution is 8.77. The molecule has 7 heteroatoms. The van der Waals surface area contributed by atoms with Gasteiger partial charge in [0.05, 0.1) is 0 Å². The smallest absolute Gasteiger partial charge is 0.423 e. The van der Waals surface area contributed by atoms with Gasteiger partial charge in [-0.15, -0.1) is 21.8 Å². The Labute approximate surface area is 96.1 Å². The molecule has 15 heavy (non-hydrogen) atoms. The third-order valence-electron chi connectivity index (χ3n) is 1.73. The number of amides is 1. The fourth-order valence-electron chi connectivity index (χ4n) is 1.02. The highest BCUT2D eigenvalue weighted by Crippen LogP contribution is 2.19. The molecule has 1 amide bonds. The summed E-state index contributed by atoms with van der Waals surface area (Å²) in [5.41, 5.74) is 0.832. The van der Waals surface area contributed by atoms with Crippen molar-refractivity contribution in [1.82, 2.24) is 4.72 Å². The Morgan fingerprint density at radius 2 is 1.93 bits per heavy atom. The second-order valence-electron chi connectivity index (χ2n) is 2.96. The van der Waals surface area contributed by atoms with Crippen LogP contribution in [0.25, 0.3) is 0 Å². The molecule has 1 unspecified atom stereocenters. The molecule has 1 rings (SSSR count). The van der Waals surface area contributed by atoms with Gasteiger partial charge in [0.2, 0.25) is 0 Å². The minimum Gasteiger partial charge on any atom is -0.423 e. The zero-order chi connectivity index (χ0) is 11.4. The lowest BCUT2D eigenvalue weighted by Gasteiger charge is -2.10. The van der Waals surface area contributed by atoms with Crippen LogP contribution in [0.1, 0.15) is 10.4 Å². The number of hydrogen-bond donors (Lipinski definition) is 5. The van der Waals surface area contributed by atoms with Gasteiger partial charge in [-0.1, -0.05) is 12.1 Å². The average molecular weight is 245 g/mol. The van der Waals surface area contributed by atoms with Crippen LogP contribution in [0.3, 0.4) is 0 Å². The Bertz CT molecular complexity index is 342. The summed E-state index contributed by atoms with van der Waals surface area (Å²) in [5, 5.41) is 17.7. The topological polar surface area (TPSA) is 69.6 Å². The van der Waals surface area contributed by atoms with Gasteiger partial charge in [0, 0.05) is 5.56 Å². The van der Waals surface area contributed by atoms with Crippen LogP contribution in [0, 0.1) is 0 Å². The van der Waals surface area contributed by atoms with Crippen molar-refractivity contribution in [1.29, 1.82) is 0 Å². The van der Waals surface area contributed by atoms with Crippen LogP contribution in [0.4, 0.5) is 0 Å². The van der Waals surface area contributed by atoms with Crippen LogP contribution in [0.5, 0.6) is 0 Å². The standard InChI is InChI=1S/C8H12BNO3S2/c1-15(14)10-8(11)6-2-4-7(5-3-6)9(12)13/h2-5,12-15H,1H3,(H,10,11). The molecule has 0 aliphatic heterocycles. The van der Waals surface area contributed by atoms with Gasteiger partial charge >= 0.3 is 7.12 Å². The van der Waals surface area contributed by atoms with Crippen LogP contribution in [-0.2, 0) is 0 Å². The largest absolute Gasteiger partial charge is 0.488 e. The van der Waals surface area contributed by atoms with Crippen LogP contribution in [0.2, 0.25) is 0 Å². The summed E-state index contributed by atoms with van der Waals surface area (Å²) in [5.74, 6) is -0.211. The summed E-state index contributed by atoms with van der Waals surface area (Å²) in [7, 11) is -2.29. The number of carbonyl (C=O) groups is 1. The van der Waals surface area contributed by atoms with Crippen molar-refractivity contribution < 1.29 is 14.8 Å². The number of hydrogen-bond acceptors (Lipinski definition) is 4. The minimum absolute atomic E-state index is 0.211. The maximum atomic E-state index is 11.5. The van der Waals surface area contributed by atoms with Gasteiger partial charge < -0.3 is 14.8 Å². The molecule has 0 fully saturated rings. The molecule has 0 aliphatic carbocycles. The van der Waals surface area contributed by atoms with E-state index in [1.54, 1.807) is 0 Å². The van der Waals surface area contributed by atoms with E-state index in [-0.39, 0.29) is 5.91 Å². The van der Waals surface area contributed by atoms with Gasteiger partial charge in [-0.2, -0.15) is 0 Å². The van der Waals surface area contributed by atoms with Crippen molar-refractivity contribution in [2.75, 3.05) is 6.26 Å². The van der Waals surface area contributed by atoms with Crippen molar-refractivity contribution >= 4 is 40.3 Å². The molecular formula is C8H12BNO3S2. The van der Waals surface area contributed by atoms with Crippen LogP contribution >= 0.6 is 21.8 Å². The first-order chi connectivity index (χ1) is 7.00. The van der Waals surface area contributed by atoms with Gasteiger partial charge in [0.25, 0.3) is 5.91 Å². The molecule has 0 heterocycles. The number of benzene rings is 1. The summed E-state index contributed by atoms with van der Waals surface area (Å²) < 4.78 is 2.67. The monoisotopic (exact) mass is 245 g/mol. The van der Waals surface area contributed by atoms with Crippen molar-refractivity contribution in [3.8, 4) is 0 Å². The van der Waals surface area contributed by atoms with Gasteiger partial charge in [0.15, 0.2) is 0 Å². The fourth-order valence-corrected chi connectivity index (χ4v) is 1.71. The second kappa shape index (κ2) is 5.46. The highest BCUT2D eigenvalue weighted by atomic mass is 33.1. The van der Waals surface area contributed by atoms with E-state index >= 15 is 0 Å². The zero-order valence-corrected chi connectivity index (χ0v) is 9.87. The average Bonchev–Trinajstić information content (AvgIpc) is 2.17. The lowest BCUT2D eigenvalue weighted by atomic mass is 9.80. The van der Waals surface area contributed by atoms with E-state index in [0.29, 0.717) is 11.0 Å². The Hall–Kier alpha value is -0.625. The number of nitrogens with one attached hydrogen (secondary N) is 1. The third-order valence-corrected chi connectivity index (χ3v) is 2.56. The van der Waals surface area contributed by atoms with Crippen molar-refractivity contribution in [3.63, 3.8) is 0 Å². The Balaban J connectivity index is 2.75. The van der Waals surface area contributed by atoms with Crippen molar-refractivity contribution in [3.05, 3.63) is 29.8 Å². The maximum absolute atomic E-state index is 11.5. The van der Waals surface area contributed by atoms with Crippen LogP contribution in [0.15, 0.2) is 24.3 Å². The molecule has 0 aromatic heterocycles.